The van der Waals surface area contributed by atoms with Crippen LogP contribution in [0.3, 0.4) is 0 Å². The molecule has 0 spiro atoms. The highest BCUT2D eigenvalue weighted by Gasteiger charge is 2.14. The number of hydrogen-bond acceptors (Lipinski definition) is 5. The van der Waals surface area contributed by atoms with Crippen molar-refractivity contribution in [1.82, 2.24) is 15.2 Å². The molecule has 20 heavy (non-hydrogen) atoms. The molecule has 0 fully saturated rings. The number of benzene rings is 2. The molecule has 2 aromatic carbocycles. The predicted octanol–water partition coefficient (Wildman–Crippen LogP) is 1.98. The lowest BCUT2D eigenvalue weighted by atomic mass is 10.0. The van der Waals surface area contributed by atoms with E-state index in [0.717, 1.165) is 5.39 Å². The number of nitrogens with one attached hydrogen (secondary N) is 1. The zero-order valence-electron chi connectivity index (χ0n) is 10.3. The van der Waals surface area contributed by atoms with Gasteiger partial charge in [-0.05, 0) is 11.5 Å². The first-order valence-electron chi connectivity index (χ1n) is 5.91. The standard InChI is InChI=1S/C14H10N4O2/c19-12-10-4-2-1-3-9(10)5-6-11(12)13(20)17-14-15-7-8-16-18-14/h1-8,19H,(H,15,17,18,20). The monoisotopic (exact) mass is 266 g/mol. The molecule has 2 N–H and O–H groups in total. The van der Waals surface area contributed by atoms with E-state index < -0.39 is 5.91 Å². The Bertz CT molecular complexity index is 774. The van der Waals surface area contributed by atoms with E-state index in [4.69, 9.17) is 0 Å². The minimum atomic E-state index is -0.485. The van der Waals surface area contributed by atoms with Crippen LogP contribution < -0.4 is 5.32 Å². The van der Waals surface area contributed by atoms with E-state index in [1.807, 2.05) is 12.1 Å². The first-order valence-corrected chi connectivity index (χ1v) is 5.91. The average molecular weight is 266 g/mol. The fourth-order valence-electron chi connectivity index (χ4n) is 1.91. The molecule has 0 bridgehead atoms. The maximum atomic E-state index is 12.1. The molecule has 1 heterocycles. The fourth-order valence-corrected chi connectivity index (χ4v) is 1.91. The lowest BCUT2D eigenvalue weighted by Gasteiger charge is -2.07. The second-order valence-electron chi connectivity index (χ2n) is 4.10. The van der Waals surface area contributed by atoms with Crippen LogP contribution in [-0.4, -0.2) is 26.2 Å². The molecule has 0 saturated heterocycles. The van der Waals surface area contributed by atoms with Gasteiger partial charge in [0, 0.05) is 5.39 Å². The summed E-state index contributed by atoms with van der Waals surface area (Å²) in [5.74, 6) is -0.462. The molecule has 0 radical (unpaired) electrons. The molecule has 0 atom stereocenters. The number of phenolic OH excluding ortho intramolecular Hbond substituents is 1. The molecule has 1 aromatic heterocycles. The van der Waals surface area contributed by atoms with E-state index in [2.05, 4.69) is 20.5 Å². The number of phenols is 1. The number of anilines is 1. The summed E-state index contributed by atoms with van der Waals surface area (Å²) in [5, 5.41) is 21.4. The number of aromatic hydroxyl groups is 1. The summed E-state index contributed by atoms with van der Waals surface area (Å²) in [7, 11) is 0. The number of nitrogens with zero attached hydrogens (tertiary/aromatic N) is 3. The van der Waals surface area contributed by atoms with Gasteiger partial charge >= 0.3 is 0 Å². The summed E-state index contributed by atoms with van der Waals surface area (Å²) in [6.07, 6.45) is 2.83. The van der Waals surface area contributed by atoms with Crippen LogP contribution in [0.4, 0.5) is 5.95 Å². The van der Waals surface area contributed by atoms with Crippen molar-refractivity contribution < 1.29 is 9.90 Å². The molecule has 3 aromatic rings. The normalized spacial score (nSPS) is 10.4. The Kier molecular flexibility index (Phi) is 2.96. The van der Waals surface area contributed by atoms with Gasteiger partial charge in [0.25, 0.3) is 5.91 Å². The number of amides is 1. The maximum Gasteiger partial charge on any atom is 0.261 e. The van der Waals surface area contributed by atoms with E-state index in [-0.39, 0.29) is 17.3 Å². The molecule has 98 valence electrons. The summed E-state index contributed by atoms with van der Waals surface area (Å²) in [4.78, 5) is 15.9. The quantitative estimate of drug-likeness (QED) is 0.740. The third-order valence-corrected chi connectivity index (χ3v) is 2.85. The van der Waals surface area contributed by atoms with Gasteiger partial charge in [0.2, 0.25) is 5.95 Å². The molecule has 0 aliphatic carbocycles. The van der Waals surface area contributed by atoms with E-state index in [1.165, 1.54) is 12.4 Å². The Labute approximate surface area is 114 Å². The van der Waals surface area contributed by atoms with Crippen LogP contribution in [0.1, 0.15) is 10.4 Å². The highest BCUT2D eigenvalue weighted by molar-refractivity contribution is 6.09. The first-order chi connectivity index (χ1) is 9.75. The van der Waals surface area contributed by atoms with Crippen molar-refractivity contribution >= 4 is 22.6 Å². The van der Waals surface area contributed by atoms with Crippen molar-refractivity contribution in [3.63, 3.8) is 0 Å². The largest absolute Gasteiger partial charge is 0.506 e. The van der Waals surface area contributed by atoms with E-state index in [0.29, 0.717) is 5.39 Å². The van der Waals surface area contributed by atoms with Crippen molar-refractivity contribution in [2.24, 2.45) is 0 Å². The van der Waals surface area contributed by atoms with Crippen LogP contribution in [0.5, 0.6) is 5.75 Å². The van der Waals surface area contributed by atoms with Gasteiger partial charge in [-0.25, -0.2) is 4.98 Å². The van der Waals surface area contributed by atoms with Gasteiger partial charge in [-0.1, -0.05) is 30.3 Å². The number of rotatable bonds is 2. The smallest absolute Gasteiger partial charge is 0.261 e. The van der Waals surface area contributed by atoms with Crippen molar-refractivity contribution in [2.45, 2.75) is 0 Å². The number of carbonyl (C=O) groups is 1. The van der Waals surface area contributed by atoms with E-state index >= 15 is 0 Å². The first kappa shape index (κ1) is 12.0. The Morgan fingerprint density at radius 2 is 1.95 bits per heavy atom. The van der Waals surface area contributed by atoms with Crippen LogP contribution in [-0.2, 0) is 0 Å². The molecule has 6 heteroatoms. The minimum absolute atomic E-state index is 0.0653. The summed E-state index contributed by atoms with van der Waals surface area (Å²) < 4.78 is 0. The van der Waals surface area contributed by atoms with Gasteiger partial charge in [-0.2, -0.15) is 5.10 Å². The zero-order valence-corrected chi connectivity index (χ0v) is 10.3. The van der Waals surface area contributed by atoms with Crippen LogP contribution >= 0.6 is 0 Å². The van der Waals surface area contributed by atoms with Crippen LogP contribution in [0.15, 0.2) is 48.8 Å². The molecular formula is C14H10N4O2. The van der Waals surface area contributed by atoms with Crippen LogP contribution in [0.2, 0.25) is 0 Å². The summed E-state index contributed by atoms with van der Waals surface area (Å²) in [6, 6.07) is 10.6. The Morgan fingerprint density at radius 3 is 2.75 bits per heavy atom. The molecule has 1 amide bonds. The van der Waals surface area contributed by atoms with Gasteiger partial charge in [-0.3, -0.25) is 10.1 Å². The number of hydrogen-bond donors (Lipinski definition) is 2. The Balaban J connectivity index is 1.98. The van der Waals surface area contributed by atoms with Crippen molar-refractivity contribution in [2.75, 3.05) is 5.32 Å². The van der Waals surface area contributed by atoms with Crippen LogP contribution in [0, 0.1) is 0 Å². The highest BCUT2D eigenvalue weighted by atomic mass is 16.3. The zero-order chi connectivity index (χ0) is 13.9. The number of fused-ring (bicyclic) bond motifs is 1. The van der Waals surface area contributed by atoms with Gasteiger partial charge in [0.05, 0.1) is 18.0 Å². The van der Waals surface area contributed by atoms with Gasteiger partial charge < -0.3 is 5.11 Å². The second-order valence-corrected chi connectivity index (χ2v) is 4.10. The third-order valence-electron chi connectivity index (χ3n) is 2.85. The molecular weight excluding hydrogens is 256 g/mol. The van der Waals surface area contributed by atoms with Crippen molar-refractivity contribution in [3.05, 3.63) is 54.4 Å². The molecule has 0 saturated carbocycles. The SMILES string of the molecule is O=C(Nc1nccnn1)c1ccc2ccccc2c1O. The lowest BCUT2D eigenvalue weighted by molar-refractivity contribution is 0.102. The molecule has 0 aliphatic rings. The molecule has 0 aliphatic heterocycles. The molecule has 6 nitrogen and oxygen atoms in total. The molecule has 3 rings (SSSR count). The maximum absolute atomic E-state index is 12.1. The second kappa shape index (κ2) is 4.93. The van der Waals surface area contributed by atoms with Gasteiger partial charge in [0.15, 0.2) is 0 Å². The fraction of sp³-hybridized carbons (Fsp3) is 0. The van der Waals surface area contributed by atoms with Crippen molar-refractivity contribution in [3.8, 4) is 5.75 Å². The highest BCUT2D eigenvalue weighted by Crippen LogP contribution is 2.28. The van der Waals surface area contributed by atoms with E-state index in [1.54, 1.807) is 24.3 Å². The third kappa shape index (κ3) is 2.14. The van der Waals surface area contributed by atoms with E-state index in [9.17, 15) is 9.90 Å². The Hall–Kier alpha value is -3.02. The topological polar surface area (TPSA) is 88.0 Å². The lowest BCUT2D eigenvalue weighted by Crippen LogP contribution is -2.14. The number of aromatic nitrogens is 3. The van der Waals surface area contributed by atoms with Crippen LogP contribution in [0.25, 0.3) is 10.8 Å². The molecule has 0 unspecified atom stereocenters. The summed E-state index contributed by atoms with van der Waals surface area (Å²) >= 11 is 0. The minimum Gasteiger partial charge on any atom is -0.506 e. The Morgan fingerprint density at radius 1 is 1.10 bits per heavy atom. The van der Waals surface area contributed by atoms with Gasteiger partial charge in [0.1, 0.15) is 5.75 Å². The predicted molar refractivity (Wildman–Crippen MR) is 73.4 cm³/mol. The summed E-state index contributed by atoms with van der Waals surface area (Å²) in [5.41, 5.74) is 0.163. The average Bonchev–Trinajstić information content (AvgIpc) is 2.49. The summed E-state index contributed by atoms with van der Waals surface area (Å²) in [6.45, 7) is 0. The van der Waals surface area contributed by atoms with Crippen molar-refractivity contribution in [1.29, 1.82) is 0 Å². The number of carbonyl (C=O) groups excluding carboxylic acids is 1. The van der Waals surface area contributed by atoms with Gasteiger partial charge in [-0.15, -0.1) is 5.10 Å².